The number of hydrogen-bond acceptors (Lipinski definition) is 5. The first-order chi connectivity index (χ1) is 14.9. The second kappa shape index (κ2) is 11.3. The van der Waals surface area contributed by atoms with Crippen LogP contribution in [0.4, 0.5) is 0 Å². The van der Waals surface area contributed by atoms with Crippen molar-refractivity contribution in [2.45, 2.75) is 39.5 Å². The van der Waals surface area contributed by atoms with Gasteiger partial charge in [0.05, 0.1) is 20.3 Å². The number of ether oxygens (including phenoxy) is 3. The number of primary amides is 1. The lowest BCUT2D eigenvalue weighted by molar-refractivity contribution is 0.0814. The number of carbonyl (C=O) groups is 2. The second-order valence-electron chi connectivity index (χ2n) is 7.36. The van der Waals surface area contributed by atoms with Gasteiger partial charge in [0.2, 0.25) is 0 Å². The number of rotatable bonds is 12. The summed E-state index contributed by atoms with van der Waals surface area (Å²) in [5.74, 6) is 0.0671. The SMILES string of the molecule is CCCCOc1c(OCCCC)c(C(=O)N(C)C)n(-c2ccc(OC)cc2)c1C(N)=O. The summed E-state index contributed by atoms with van der Waals surface area (Å²) in [5.41, 5.74) is 6.64. The molecule has 2 N–H and O–H groups in total. The Morgan fingerprint density at radius 3 is 1.87 bits per heavy atom. The fourth-order valence-corrected chi connectivity index (χ4v) is 3.05. The monoisotopic (exact) mass is 431 g/mol. The van der Waals surface area contributed by atoms with Crippen LogP contribution in [-0.2, 0) is 0 Å². The molecule has 8 nitrogen and oxygen atoms in total. The first-order valence-electron chi connectivity index (χ1n) is 10.6. The van der Waals surface area contributed by atoms with E-state index < -0.39 is 5.91 Å². The van der Waals surface area contributed by atoms with Gasteiger partial charge < -0.3 is 24.8 Å². The number of nitrogens with zero attached hydrogens (tertiary/aromatic N) is 2. The summed E-state index contributed by atoms with van der Waals surface area (Å²) >= 11 is 0. The number of unbranched alkanes of at least 4 members (excludes halogenated alkanes) is 2. The molecule has 0 aliphatic rings. The molecule has 0 aliphatic carbocycles. The number of aromatic nitrogens is 1. The number of amides is 2. The average molecular weight is 432 g/mol. The van der Waals surface area contributed by atoms with Gasteiger partial charge in [0.25, 0.3) is 11.8 Å². The van der Waals surface area contributed by atoms with Crippen molar-refractivity contribution in [3.05, 3.63) is 35.7 Å². The molecule has 2 aromatic rings. The van der Waals surface area contributed by atoms with Crippen molar-refractivity contribution < 1.29 is 23.8 Å². The van der Waals surface area contributed by atoms with Crippen LogP contribution in [0, 0.1) is 0 Å². The second-order valence-corrected chi connectivity index (χ2v) is 7.36. The van der Waals surface area contributed by atoms with Gasteiger partial charge in [0.1, 0.15) is 5.75 Å². The van der Waals surface area contributed by atoms with Crippen molar-refractivity contribution in [2.24, 2.45) is 5.73 Å². The van der Waals surface area contributed by atoms with Crippen LogP contribution < -0.4 is 19.9 Å². The molecule has 0 atom stereocenters. The third-order valence-electron chi connectivity index (χ3n) is 4.74. The van der Waals surface area contributed by atoms with Crippen molar-refractivity contribution in [2.75, 3.05) is 34.4 Å². The molecular weight excluding hydrogens is 398 g/mol. The molecule has 0 aliphatic heterocycles. The number of carbonyl (C=O) groups excluding carboxylic acids is 2. The third kappa shape index (κ3) is 5.51. The summed E-state index contributed by atoms with van der Waals surface area (Å²) < 4.78 is 18.8. The zero-order valence-corrected chi connectivity index (χ0v) is 19.1. The van der Waals surface area contributed by atoms with E-state index in [1.54, 1.807) is 45.5 Å². The molecule has 1 heterocycles. The fourth-order valence-electron chi connectivity index (χ4n) is 3.05. The van der Waals surface area contributed by atoms with Crippen molar-refractivity contribution in [3.8, 4) is 22.9 Å². The maximum absolute atomic E-state index is 13.2. The van der Waals surface area contributed by atoms with Gasteiger partial charge in [-0.3, -0.25) is 14.2 Å². The van der Waals surface area contributed by atoms with Gasteiger partial charge in [-0.05, 0) is 37.1 Å². The van der Waals surface area contributed by atoms with E-state index in [2.05, 4.69) is 0 Å². The quantitative estimate of drug-likeness (QED) is 0.518. The Labute approximate surface area is 183 Å². The number of nitrogens with two attached hydrogens (primary N) is 1. The molecule has 0 bridgehead atoms. The minimum Gasteiger partial charge on any atom is -0.497 e. The molecule has 2 amide bonds. The molecule has 0 spiro atoms. The van der Waals surface area contributed by atoms with Gasteiger partial charge in [0.15, 0.2) is 22.9 Å². The summed E-state index contributed by atoms with van der Waals surface area (Å²) in [6.45, 7) is 4.86. The molecule has 0 radical (unpaired) electrons. The molecule has 31 heavy (non-hydrogen) atoms. The molecule has 0 saturated heterocycles. The largest absolute Gasteiger partial charge is 0.497 e. The Kier molecular flexibility index (Phi) is 8.78. The van der Waals surface area contributed by atoms with Crippen LogP contribution >= 0.6 is 0 Å². The lowest BCUT2D eigenvalue weighted by atomic mass is 10.2. The molecular formula is C23H33N3O5. The van der Waals surface area contributed by atoms with Crippen molar-refractivity contribution in [3.63, 3.8) is 0 Å². The zero-order chi connectivity index (χ0) is 23.0. The highest BCUT2D eigenvalue weighted by molar-refractivity contribution is 6.04. The van der Waals surface area contributed by atoms with E-state index in [-0.39, 0.29) is 28.8 Å². The number of benzene rings is 1. The van der Waals surface area contributed by atoms with Gasteiger partial charge in [-0.2, -0.15) is 0 Å². The van der Waals surface area contributed by atoms with Crippen LogP contribution in [0.1, 0.15) is 60.5 Å². The Balaban J connectivity index is 2.79. The van der Waals surface area contributed by atoms with Gasteiger partial charge in [0, 0.05) is 19.8 Å². The van der Waals surface area contributed by atoms with Crippen LogP contribution in [0.5, 0.6) is 17.2 Å². The van der Waals surface area contributed by atoms with Gasteiger partial charge in [-0.1, -0.05) is 26.7 Å². The lowest BCUT2D eigenvalue weighted by Crippen LogP contribution is -2.26. The van der Waals surface area contributed by atoms with Crippen LogP contribution in [0.15, 0.2) is 24.3 Å². The maximum Gasteiger partial charge on any atom is 0.274 e. The Hall–Kier alpha value is -3.16. The molecule has 0 unspecified atom stereocenters. The smallest absolute Gasteiger partial charge is 0.274 e. The minimum atomic E-state index is -0.708. The number of methoxy groups -OCH3 is 1. The highest BCUT2D eigenvalue weighted by atomic mass is 16.5. The Morgan fingerprint density at radius 2 is 1.45 bits per heavy atom. The minimum absolute atomic E-state index is 0.0815. The highest BCUT2D eigenvalue weighted by Gasteiger charge is 2.34. The molecule has 170 valence electrons. The standard InChI is InChI=1S/C23H33N3O5/c1-6-8-14-30-20-18(22(24)27)26(16-10-12-17(29-5)13-11-16)19(23(28)25(3)4)21(20)31-15-9-7-2/h10-13H,6-9,14-15H2,1-5H3,(H2,24,27). The molecule has 0 fully saturated rings. The molecule has 1 aromatic heterocycles. The normalized spacial score (nSPS) is 10.6. The Morgan fingerprint density at radius 1 is 0.935 bits per heavy atom. The summed E-state index contributed by atoms with van der Waals surface area (Å²) in [6.07, 6.45) is 3.42. The predicted octanol–water partition coefficient (Wildman–Crippen LogP) is 3.64. The third-order valence-corrected chi connectivity index (χ3v) is 4.74. The van der Waals surface area contributed by atoms with Crippen LogP contribution in [0.2, 0.25) is 0 Å². The van der Waals surface area contributed by atoms with E-state index in [9.17, 15) is 9.59 Å². The fraction of sp³-hybridized carbons (Fsp3) is 0.478. The van der Waals surface area contributed by atoms with Crippen molar-refractivity contribution in [1.29, 1.82) is 0 Å². The summed E-state index contributed by atoms with van der Waals surface area (Å²) in [5, 5.41) is 0. The summed E-state index contributed by atoms with van der Waals surface area (Å²) in [7, 11) is 4.86. The topological polar surface area (TPSA) is 96.0 Å². The molecule has 0 saturated carbocycles. The van der Waals surface area contributed by atoms with E-state index in [4.69, 9.17) is 19.9 Å². The molecule has 2 rings (SSSR count). The van der Waals surface area contributed by atoms with Crippen LogP contribution in [0.25, 0.3) is 5.69 Å². The van der Waals surface area contributed by atoms with Crippen molar-refractivity contribution in [1.82, 2.24) is 9.47 Å². The average Bonchev–Trinajstić information content (AvgIpc) is 3.07. The zero-order valence-electron chi connectivity index (χ0n) is 19.1. The Bertz CT molecular complexity index is 888. The van der Waals surface area contributed by atoms with E-state index >= 15 is 0 Å². The van der Waals surface area contributed by atoms with Crippen LogP contribution in [0.3, 0.4) is 0 Å². The highest BCUT2D eigenvalue weighted by Crippen LogP contribution is 2.41. The lowest BCUT2D eigenvalue weighted by Gasteiger charge is -2.16. The van der Waals surface area contributed by atoms with Crippen LogP contribution in [-0.4, -0.2) is 55.7 Å². The maximum atomic E-state index is 13.2. The first kappa shape index (κ1) is 24.1. The predicted molar refractivity (Wildman–Crippen MR) is 120 cm³/mol. The van der Waals surface area contributed by atoms with E-state index in [0.717, 1.165) is 25.7 Å². The van der Waals surface area contributed by atoms with E-state index in [0.29, 0.717) is 24.7 Å². The molecule has 8 heteroatoms. The molecule has 1 aromatic carbocycles. The number of hydrogen-bond donors (Lipinski definition) is 1. The summed E-state index contributed by atoms with van der Waals surface area (Å²) in [4.78, 5) is 27.2. The van der Waals surface area contributed by atoms with Gasteiger partial charge in [-0.15, -0.1) is 0 Å². The van der Waals surface area contributed by atoms with Crippen molar-refractivity contribution >= 4 is 11.8 Å². The van der Waals surface area contributed by atoms with Gasteiger partial charge in [-0.25, -0.2) is 0 Å². The van der Waals surface area contributed by atoms with E-state index in [1.807, 2.05) is 13.8 Å². The first-order valence-corrected chi connectivity index (χ1v) is 10.6. The van der Waals surface area contributed by atoms with E-state index in [1.165, 1.54) is 9.47 Å². The van der Waals surface area contributed by atoms with Gasteiger partial charge >= 0.3 is 0 Å². The summed E-state index contributed by atoms with van der Waals surface area (Å²) in [6, 6.07) is 7.01.